The minimum Gasteiger partial charge on any atom is -0.359 e. The molecule has 0 aliphatic rings. The lowest BCUT2D eigenvalue weighted by Crippen LogP contribution is -2.43. The first-order valence-electron chi connectivity index (χ1n) is 5.07. The maximum atomic E-state index is 11.4. The van der Waals surface area contributed by atoms with Crippen LogP contribution < -0.4 is 16.0 Å². The van der Waals surface area contributed by atoms with Gasteiger partial charge in [-0.05, 0) is 13.8 Å². The number of hydrogen-bond donors (Lipinski definition) is 3. The third-order valence-electron chi connectivity index (χ3n) is 2.08. The third-order valence-corrected chi connectivity index (χ3v) is 2.08. The number of rotatable bonds is 6. The van der Waals surface area contributed by atoms with E-state index in [-0.39, 0.29) is 11.8 Å². The molecular weight excluding hydrogens is 194 g/mol. The minimum atomic E-state index is -0.426. The van der Waals surface area contributed by atoms with Gasteiger partial charge in [0.25, 0.3) is 0 Å². The van der Waals surface area contributed by atoms with Crippen LogP contribution in [0.1, 0.15) is 20.8 Å². The molecule has 0 saturated heterocycles. The van der Waals surface area contributed by atoms with Gasteiger partial charge in [0.2, 0.25) is 11.8 Å². The minimum absolute atomic E-state index is 0.00882. The Morgan fingerprint density at radius 1 is 1.20 bits per heavy atom. The standard InChI is InChI=1S/C10H21N3O2/c1-8(14)13-6-5-12-7-10(2,3)9(15)11-4/h12H,5-7H2,1-4H3,(H,11,15)(H,13,14). The van der Waals surface area contributed by atoms with Crippen LogP contribution in [0.2, 0.25) is 0 Å². The van der Waals surface area contributed by atoms with Crippen LogP contribution in [0.15, 0.2) is 0 Å². The predicted octanol–water partition coefficient (Wildman–Crippen LogP) is -0.516. The van der Waals surface area contributed by atoms with E-state index in [1.54, 1.807) is 7.05 Å². The molecule has 0 aromatic rings. The highest BCUT2D eigenvalue weighted by Crippen LogP contribution is 2.12. The van der Waals surface area contributed by atoms with Crippen LogP contribution in [0.3, 0.4) is 0 Å². The van der Waals surface area contributed by atoms with E-state index >= 15 is 0 Å². The average Bonchev–Trinajstić information content (AvgIpc) is 2.15. The fourth-order valence-corrected chi connectivity index (χ4v) is 1.15. The summed E-state index contributed by atoms with van der Waals surface area (Å²) >= 11 is 0. The molecular formula is C10H21N3O2. The van der Waals surface area contributed by atoms with Gasteiger partial charge in [0.1, 0.15) is 0 Å². The summed E-state index contributed by atoms with van der Waals surface area (Å²) in [7, 11) is 1.63. The summed E-state index contributed by atoms with van der Waals surface area (Å²) in [6.07, 6.45) is 0. The largest absolute Gasteiger partial charge is 0.359 e. The van der Waals surface area contributed by atoms with Crippen LogP contribution in [-0.2, 0) is 9.59 Å². The molecule has 0 unspecified atom stereocenters. The molecule has 5 heteroatoms. The SMILES string of the molecule is CNC(=O)C(C)(C)CNCCNC(C)=O. The number of carbonyl (C=O) groups is 2. The number of carbonyl (C=O) groups excluding carboxylic acids is 2. The molecule has 0 rings (SSSR count). The molecule has 5 nitrogen and oxygen atoms in total. The Morgan fingerprint density at radius 2 is 1.80 bits per heavy atom. The third kappa shape index (κ3) is 6.06. The summed E-state index contributed by atoms with van der Waals surface area (Å²) in [4.78, 5) is 21.9. The second-order valence-electron chi connectivity index (χ2n) is 4.12. The number of hydrogen-bond acceptors (Lipinski definition) is 3. The van der Waals surface area contributed by atoms with Crippen molar-refractivity contribution in [2.24, 2.45) is 5.41 Å². The smallest absolute Gasteiger partial charge is 0.226 e. The molecule has 3 N–H and O–H groups in total. The van der Waals surface area contributed by atoms with Gasteiger partial charge in [-0.15, -0.1) is 0 Å². The summed E-state index contributed by atoms with van der Waals surface area (Å²) in [5, 5.41) is 8.41. The highest BCUT2D eigenvalue weighted by molar-refractivity contribution is 5.81. The topological polar surface area (TPSA) is 70.2 Å². The zero-order chi connectivity index (χ0) is 11.9. The van der Waals surface area contributed by atoms with Crippen molar-refractivity contribution in [3.8, 4) is 0 Å². The zero-order valence-electron chi connectivity index (χ0n) is 9.94. The second-order valence-corrected chi connectivity index (χ2v) is 4.12. The molecule has 0 fully saturated rings. The predicted molar refractivity (Wildman–Crippen MR) is 59.4 cm³/mol. The molecule has 88 valence electrons. The van der Waals surface area contributed by atoms with Gasteiger partial charge in [0.15, 0.2) is 0 Å². The van der Waals surface area contributed by atoms with Gasteiger partial charge in [-0.25, -0.2) is 0 Å². The molecule has 0 heterocycles. The zero-order valence-corrected chi connectivity index (χ0v) is 9.94. The van der Waals surface area contributed by atoms with Crippen LogP contribution in [0.25, 0.3) is 0 Å². The summed E-state index contributed by atoms with van der Waals surface area (Å²) < 4.78 is 0. The van der Waals surface area contributed by atoms with Gasteiger partial charge in [-0.3, -0.25) is 9.59 Å². The van der Waals surface area contributed by atoms with Crippen molar-refractivity contribution in [2.45, 2.75) is 20.8 Å². The van der Waals surface area contributed by atoms with Gasteiger partial charge in [-0.2, -0.15) is 0 Å². The quantitative estimate of drug-likeness (QED) is 0.522. The Morgan fingerprint density at radius 3 is 2.27 bits per heavy atom. The van der Waals surface area contributed by atoms with E-state index in [9.17, 15) is 9.59 Å². The van der Waals surface area contributed by atoms with Crippen LogP contribution >= 0.6 is 0 Å². The highest BCUT2D eigenvalue weighted by Gasteiger charge is 2.25. The first-order valence-corrected chi connectivity index (χ1v) is 5.07. The van der Waals surface area contributed by atoms with E-state index < -0.39 is 5.41 Å². The normalized spacial score (nSPS) is 10.9. The maximum absolute atomic E-state index is 11.4. The van der Waals surface area contributed by atoms with Crippen LogP contribution in [0.5, 0.6) is 0 Å². The Labute approximate surface area is 91.0 Å². The number of nitrogens with one attached hydrogen (secondary N) is 3. The Balaban J connectivity index is 3.66. The molecule has 0 bridgehead atoms. The Kier molecular flexibility index (Phi) is 5.93. The molecule has 0 atom stereocenters. The van der Waals surface area contributed by atoms with Gasteiger partial charge in [-0.1, -0.05) is 0 Å². The first-order chi connectivity index (χ1) is 6.90. The molecule has 0 spiro atoms. The molecule has 0 aromatic carbocycles. The van der Waals surface area contributed by atoms with Crippen LogP contribution in [0, 0.1) is 5.41 Å². The first kappa shape index (κ1) is 13.9. The van der Waals surface area contributed by atoms with Crippen LogP contribution in [0.4, 0.5) is 0 Å². The monoisotopic (exact) mass is 215 g/mol. The van der Waals surface area contributed by atoms with Crippen molar-refractivity contribution in [1.29, 1.82) is 0 Å². The van der Waals surface area contributed by atoms with Crippen molar-refractivity contribution < 1.29 is 9.59 Å². The second kappa shape index (κ2) is 6.40. The lowest BCUT2D eigenvalue weighted by atomic mass is 9.92. The summed E-state index contributed by atoms with van der Waals surface area (Å²) in [5.74, 6) is -0.0307. The average molecular weight is 215 g/mol. The van der Waals surface area contributed by atoms with Crippen molar-refractivity contribution in [2.75, 3.05) is 26.7 Å². The van der Waals surface area contributed by atoms with Crippen molar-refractivity contribution in [3.05, 3.63) is 0 Å². The van der Waals surface area contributed by atoms with Crippen molar-refractivity contribution >= 4 is 11.8 Å². The van der Waals surface area contributed by atoms with Crippen molar-refractivity contribution in [3.63, 3.8) is 0 Å². The maximum Gasteiger partial charge on any atom is 0.226 e. The molecule has 0 aliphatic heterocycles. The van der Waals surface area contributed by atoms with E-state index in [2.05, 4.69) is 16.0 Å². The summed E-state index contributed by atoms with van der Waals surface area (Å²) in [6, 6.07) is 0. The fourth-order valence-electron chi connectivity index (χ4n) is 1.15. The van der Waals surface area contributed by atoms with E-state index in [4.69, 9.17) is 0 Å². The molecule has 2 amide bonds. The molecule has 0 aromatic heterocycles. The highest BCUT2D eigenvalue weighted by atomic mass is 16.2. The van der Waals surface area contributed by atoms with Gasteiger partial charge in [0, 0.05) is 33.6 Å². The van der Waals surface area contributed by atoms with Crippen LogP contribution in [-0.4, -0.2) is 38.5 Å². The number of amides is 2. The summed E-state index contributed by atoms with van der Waals surface area (Å²) in [5.41, 5.74) is -0.426. The Hall–Kier alpha value is -1.10. The molecule has 15 heavy (non-hydrogen) atoms. The Bertz CT molecular complexity index is 227. The van der Waals surface area contributed by atoms with Gasteiger partial charge in [0.05, 0.1) is 5.41 Å². The van der Waals surface area contributed by atoms with E-state index in [1.807, 2.05) is 13.8 Å². The van der Waals surface area contributed by atoms with E-state index in [0.29, 0.717) is 19.6 Å². The van der Waals surface area contributed by atoms with Gasteiger partial charge >= 0.3 is 0 Å². The van der Waals surface area contributed by atoms with Crippen molar-refractivity contribution in [1.82, 2.24) is 16.0 Å². The molecule has 0 aliphatic carbocycles. The lowest BCUT2D eigenvalue weighted by molar-refractivity contribution is -0.128. The van der Waals surface area contributed by atoms with E-state index in [1.165, 1.54) is 6.92 Å². The van der Waals surface area contributed by atoms with E-state index in [0.717, 1.165) is 0 Å². The fraction of sp³-hybridized carbons (Fsp3) is 0.800. The lowest BCUT2D eigenvalue weighted by Gasteiger charge is -2.22. The summed E-state index contributed by atoms with van der Waals surface area (Å²) in [6.45, 7) is 7.06. The molecule has 0 radical (unpaired) electrons. The molecule has 0 saturated carbocycles. The van der Waals surface area contributed by atoms with Gasteiger partial charge < -0.3 is 16.0 Å².